The fraction of sp³-hybridized carbons (Fsp3) is 0.278. The summed E-state index contributed by atoms with van der Waals surface area (Å²) in [6, 6.07) is 9.27. The number of piperazine rings is 1. The minimum absolute atomic E-state index is 0.0285. The van der Waals surface area contributed by atoms with Crippen molar-refractivity contribution in [3.63, 3.8) is 0 Å². The first-order valence-corrected chi connectivity index (χ1v) is 9.10. The summed E-state index contributed by atoms with van der Waals surface area (Å²) >= 11 is 1.48. The van der Waals surface area contributed by atoms with Crippen LogP contribution in [0.3, 0.4) is 0 Å². The number of Topliss-reactive ketones (excluding diaryl/α,β-unsaturated/α-hetero) is 1. The molecule has 0 aliphatic carbocycles. The van der Waals surface area contributed by atoms with E-state index < -0.39 is 0 Å². The van der Waals surface area contributed by atoms with Gasteiger partial charge >= 0.3 is 0 Å². The molecule has 0 bridgehead atoms. The fourth-order valence-corrected chi connectivity index (χ4v) is 3.74. The lowest BCUT2D eigenvalue weighted by atomic mass is 10.1. The zero-order chi connectivity index (χ0) is 17.2. The molecule has 1 aliphatic heterocycles. The molecule has 0 spiro atoms. The molecular weight excluding hydrogens is 336 g/mol. The van der Waals surface area contributed by atoms with Crippen LogP contribution >= 0.6 is 11.3 Å². The van der Waals surface area contributed by atoms with E-state index in [4.69, 9.17) is 0 Å². The lowest BCUT2D eigenvalue weighted by Crippen LogP contribution is -2.49. The Morgan fingerprint density at radius 2 is 2.00 bits per heavy atom. The van der Waals surface area contributed by atoms with Crippen LogP contribution in [0.5, 0.6) is 0 Å². The van der Waals surface area contributed by atoms with E-state index in [1.165, 1.54) is 11.3 Å². The van der Waals surface area contributed by atoms with Crippen molar-refractivity contribution < 1.29 is 9.59 Å². The van der Waals surface area contributed by atoms with Gasteiger partial charge in [0.05, 0.1) is 28.8 Å². The SMILES string of the molecule is O=C(CN1CCN(C(=O)c2ccc3nc[nH]c3c2)CC1)c1cccs1. The number of ketones is 1. The number of imidazole rings is 1. The number of amides is 1. The van der Waals surface area contributed by atoms with Crippen molar-refractivity contribution in [1.29, 1.82) is 0 Å². The van der Waals surface area contributed by atoms with Crippen LogP contribution in [0.4, 0.5) is 0 Å². The number of thiophene rings is 1. The van der Waals surface area contributed by atoms with Crippen LogP contribution in [-0.4, -0.2) is 64.2 Å². The van der Waals surface area contributed by atoms with Gasteiger partial charge in [0, 0.05) is 31.7 Å². The van der Waals surface area contributed by atoms with Crippen molar-refractivity contribution in [3.05, 3.63) is 52.5 Å². The largest absolute Gasteiger partial charge is 0.345 e. The summed E-state index contributed by atoms with van der Waals surface area (Å²) in [6.45, 7) is 3.13. The molecule has 25 heavy (non-hydrogen) atoms. The standard InChI is InChI=1S/C18H18N4O2S/c23-16(17-2-1-9-25-17)11-21-5-7-22(8-6-21)18(24)13-3-4-14-15(10-13)20-12-19-14/h1-4,9-10,12H,5-8,11H2,(H,19,20). The first-order valence-electron chi connectivity index (χ1n) is 8.22. The summed E-state index contributed by atoms with van der Waals surface area (Å²) in [4.78, 5) is 36.8. The lowest BCUT2D eigenvalue weighted by molar-refractivity contribution is 0.0625. The normalized spacial score (nSPS) is 15.6. The molecule has 3 aromatic rings. The van der Waals surface area contributed by atoms with Gasteiger partial charge in [0.2, 0.25) is 0 Å². The number of nitrogens with one attached hydrogen (secondary N) is 1. The highest BCUT2D eigenvalue weighted by Gasteiger charge is 2.24. The van der Waals surface area contributed by atoms with E-state index in [-0.39, 0.29) is 11.7 Å². The van der Waals surface area contributed by atoms with Crippen LogP contribution in [0.15, 0.2) is 42.0 Å². The van der Waals surface area contributed by atoms with Crippen LogP contribution in [0.25, 0.3) is 11.0 Å². The topological polar surface area (TPSA) is 69.3 Å². The third-order valence-corrected chi connectivity index (χ3v) is 5.40. The summed E-state index contributed by atoms with van der Waals surface area (Å²) in [6.07, 6.45) is 1.63. The smallest absolute Gasteiger partial charge is 0.254 e. The lowest BCUT2D eigenvalue weighted by Gasteiger charge is -2.34. The minimum atomic E-state index is 0.0285. The maximum Gasteiger partial charge on any atom is 0.254 e. The maximum atomic E-state index is 12.7. The van der Waals surface area contributed by atoms with Gasteiger partial charge in [-0.05, 0) is 29.6 Å². The number of carbonyl (C=O) groups excluding carboxylic acids is 2. The molecule has 4 rings (SSSR count). The summed E-state index contributed by atoms with van der Waals surface area (Å²) < 4.78 is 0. The fourth-order valence-electron chi connectivity index (χ4n) is 3.08. The van der Waals surface area contributed by atoms with Crippen LogP contribution in [0.1, 0.15) is 20.0 Å². The van der Waals surface area contributed by atoms with E-state index in [1.54, 1.807) is 6.33 Å². The van der Waals surface area contributed by atoms with Crippen molar-refractivity contribution >= 4 is 34.1 Å². The Morgan fingerprint density at radius 1 is 1.16 bits per heavy atom. The monoisotopic (exact) mass is 354 g/mol. The van der Waals surface area contributed by atoms with Crippen LogP contribution < -0.4 is 0 Å². The number of carbonyl (C=O) groups is 2. The molecule has 1 amide bonds. The number of aromatic amines is 1. The van der Waals surface area contributed by atoms with Gasteiger partial charge in [-0.15, -0.1) is 11.3 Å². The minimum Gasteiger partial charge on any atom is -0.345 e. The second kappa shape index (κ2) is 6.78. The molecule has 0 radical (unpaired) electrons. The van der Waals surface area contributed by atoms with Crippen molar-refractivity contribution in [2.45, 2.75) is 0 Å². The highest BCUT2D eigenvalue weighted by molar-refractivity contribution is 7.12. The molecular formula is C18H18N4O2S. The second-order valence-corrected chi connectivity index (χ2v) is 7.05. The Bertz CT molecular complexity index is 895. The van der Waals surface area contributed by atoms with E-state index in [9.17, 15) is 9.59 Å². The molecule has 0 saturated carbocycles. The highest BCUT2D eigenvalue weighted by atomic mass is 32.1. The molecule has 1 N–H and O–H groups in total. The Balaban J connectivity index is 1.36. The first-order chi connectivity index (χ1) is 12.2. The molecule has 3 heterocycles. The van der Waals surface area contributed by atoms with Crippen molar-refractivity contribution in [2.75, 3.05) is 32.7 Å². The van der Waals surface area contributed by atoms with Gasteiger partial charge in [0.25, 0.3) is 5.91 Å². The second-order valence-electron chi connectivity index (χ2n) is 6.10. The van der Waals surface area contributed by atoms with Gasteiger partial charge in [0.15, 0.2) is 5.78 Å². The summed E-state index contributed by atoms with van der Waals surface area (Å²) in [7, 11) is 0. The van der Waals surface area contributed by atoms with E-state index in [0.717, 1.165) is 29.0 Å². The molecule has 1 aromatic carbocycles. The number of rotatable bonds is 4. The molecule has 2 aromatic heterocycles. The molecule has 128 valence electrons. The third kappa shape index (κ3) is 3.33. The molecule has 0 atom stereocenters. The quantitative estimate of drug-likeness (QED) is 0.730. The zero-order valence-electron chi connectivity index (χ0n) is 13.6. The zero-order valence-corrected chi connectivity index (χ0v) is 14.5. The van der Waals surface area contributed by atoms with Gasteiger partial charge < -0.3 is 9.88 Å². The van der Waals surface area contributed by atoms with Crippen molar-refractivity contribution in [3.8, 4) is 0 Å². The van der Waals surface area contributed by atoms with E-state index in [2.05, 4.69) is 14.9 Å². The molecule has 1 saturated heterocycles. The number of nitrogens with zero attached hydrogens (tertiary/aromatic N) is 3. The highest BCUT2D eigenvalue weighted by Crippen LogP contribution is 2.15. The van der Waals surface area contributed by atoms with Crippen LogP contribution in [0.2, 0.25) is 0 Å². The average molecular weight is 354 g/mol. The predicted molar refractivity (Wildman–Crippen MR) is 97.1 cm³/mol. The first kappa shape index (κ1) is 16.0. The van der Waals surface area contributed by atoms with E-state index in [1.807, 2.05) is 40.6 Å². The third-order valence-electron chi connectivity index (χ3n) is 4.49. The summed E-state index contributed by atoms with van der Waals surface area (Å²) in [5, 5.41) is 1.92. The number of aromatic nitrogens is 2. The Morgan fingerprint density at radius 3 is 2.76 bits per heavy atom. The van der Waals surface area contributed by atoms with E-state index >= 15 is 0 Å². The number of fused-ring (bicyclic) bond motifs is 1. The van der Waals surface area contributed by atoms with Gasteiger partial charge in [-0.2, -0.15) is 0 Å². The Hall–Kier alpha value is -2.51. The molecule has 1 fully saturated rings. The molecule has 7 heteroatoms. The molecule has 0 unspecified atom stereocenters. The Kier molecular flexibility index (Phi) is 4.33. The van der Waals surface area contributed by atoms with E-state index in [0.29, 0.717) is 25.2 Å². The number of benzene rings is 1. The molecule has 1 aliphatic rings. The van der Waals surface area contributed by atoms with Gasteiger partial charge in [-0.1, -0.05) is 6.07 Å². The predicted octanol–water partition coefficient (Wildman–Crippen LogP) is 2.27. The molecule has 6 nitrogen and oxygen atoms in total. The van der Waals surface area contributed by atoms with Gasteiger partial charge in [0.1, 0.15) is 0 Å². The van der Waals surface area contributed by atoms with Crippen molar-refractivity contribution in [2.24, 2.45) is 0 Å². The van der Waals surface area contributed by atoms with Crippen molar-refractivity contribution in [1.82, 2.24) is 19.8 Å². The Labute approximate surface area is 149 Å². The number of H-pyrrole nitrogens is 1. The van der Waals surface area contributed by atoms with Gasteiger partial charge in [-0.25, -0.2) is 4.98 Å². The summed E-state index contributed by atoms with van der Waals surface area (Å²) in [5.74, 6) is 0.181. The van der Waals surface area contributed by atoms with Crippen LogP contribution in [-0.2, 0) is 0 Å². The number of hydrogen-bond donors (Lipinski definition) is 1. The maximum absolute atomic E-state index is 12.7. The average Bonchev–Trinajstić information content (AvgIpc) is 3.32. The summed E-state index contributed by atoms with van der Waals surface area (Å²) in [5.41, 5.74) is 2.39. The number of hydrogen-bond acceptors (Lipinski definition) is 5. The van der Waals surface area contributed by atoms with Crippen LogP contribution in [0, 0.1) is 0 Å². The van der Waals surface area contributed by atoms with Gasteiger partial charge in [-0.3, -0.25) is 14.5 Å².